The Morgan fingerprint density at radius 1 is 0.771 bits per heavy atom. The maximum atomic E-state index is 13.2. The van der Waals surface area contributed by atoms with E-state index in [4.69, 9.17) is 27.6 Å². The quantitative estimate of drug-likeness (QED) is 0.273. The van der Waals surface area contributed by atoms with E-state index in [1.54, 1.807) is 42.6 Å². The minimum atomic E-state index is -4.22. The molecule has 0 aliphatic carbocycles. The van der Waals surface area contributed by atoms with Crippen molar-refractivity contribution in [2.45, 2.75) is 9.99 Å². The smallest absolute Gasteiger partial charge is 0.295 e. The number of halogens is 2. The van der Waals surface area contributed by atoms with Gasteiger partial charge in [0.05, 0.1) is 21.9 Å². The van der Waals surface area contributed by atoms with Crippen molar-refractivity contribution in [2.24, 2.45) is 0 Å². The van der Waals surface area contributed by atoms with Gasteiger partial charge in [0.25, 0.3) is 20.0 Å². The number of rotatable bonds is 6. The van der Waals surface area contributed by atoms with Crippen molar-refractivity contribution in [1.29, 1.82) is 0 Å². The molecule has 0 radical (unpaired) electrons. The Hall–Kier alpha value is -3.31. The number of nitrogens with one attached hydrogen (secondary N) is 2. The van der Waals surface area contributed by atoms with Crippen LogP contribution in [0.4, 0.5) is 11.4 Å². The van der Waals surface area contributed by atoms with Crippen LogP contribution in [0.2, 0.25) is 10.0 Å². The van der Waals surface area contributed by atoms with E-state index in [1.165, 1.54) is 36.4 Å². The fourth-order valence-electron chi connectivity index (χ4n) is 3.48. The van der Waals surface area contributed by atoms with Crippen molar-refractivity contribution in [1.82, 2.24) is 4.98 Å². The molecule has 8 nitrogen and oxygen atoms in total. The zero-order valence-electron chi connectivity index (χ0n) is 17.6. The topological polar surface area (TPSA) is 118 Å². The zero-order chi connectivity index (χ0) is 24.8. The third-order valence-corrected chi connectivity index (χ3v) is 8.49. The first-order chi connectivity index (χ1) is 16.6. The van der Waals surface area contributed by atoms with Gasteiger partial charge in [0.2, 0.25) is 5.09 Å². The number of para-hydroxylation sites is 1. The van der Waals surface area contributed by atoms with E-state index in [0.29, 0.717) is 21.9 Å². The molecule has 2 N–H and O–H groups in total. The van der Waals surface area contributed by atoms with Gasteiger partial charge in [0.15, 0.2) is 0 Å². The lowest BCUT2D eigenvalue weighted by molar-refractivity contribution is 0.484. The lowest BCUT2D eigenvalue weighted by Crippen LogP contribution is -2.17. The third kappa shape index (κ3) is 4.53. The summed E-state index contributed by atoms with van der Waals surface area (Å²) in [5.74, 6) is 0. The Morgan fingerprint density at radius 2 is 1.54 bits per heavy atom. The summed E-state index contributed by atoms with van der Waals surface area (Å²) in [6, 6.07) is 18.4. The largest absolute Gasteiger partial charge is 0.443 e. The molecule has 0 spiro atoms. The van der Waals surface area contributed by atoms with Crippen molar-refractivity contribution < 1.29 is 21.3 Å². The minimum Gasteiger partial charge on any atom is -0.443 e. The van der Waals surface area contributed by atoms with Crippen molar-refractivity contribution in [2.75, 3.05) is 9.44 Å². The Balaban J connectivity index is 1.52. The van der Waals surface area contributed by atoms with Crippen LogP contribution in [0.1, 0.15) is 0 Å². The molecule has 0 atom stereocenters. The molecular formula is C23H15Cl2N3O5S2. The Kier molecular flexibility index (Phi) is 5.84. The Labute approximate surface area is 210 Å². The number of anilines is 2. The number of aromatic nitrogens is 1. The highest BCUT2D eigenvalue weighted by atomic mass is 35.5. The molecule has 3 aromatic carbocycles. The number of hydrogen-bond acceptors (Lipinski definition) is 6. The molecule has 5 aromatic rings. The highest BCUT2D eigenvalue weighted by Gasteiger charge is 2.25. The second-order valence-electron chi connectivity index (χ2n) is 7.45. The molecular weight excluding hydrogens is 533 g/mol. The van der Waals surface area contributed by atoms with Gasteiger partial charge in [-0.1, -0.05) is 41.4 Å². The van der Waals surface area contributed by atoms with Crippen LogP contribution in [0.15, 0.2) is 93.4 Å². The first kappa shape index (κ1) is 23.4. The number of furan rings is 1. The molecule has 0 fully saturated rings. The van der Waals surface area contributed by atoms with Gasteiger partial charge in [-0.2, -0.15) is 8.42 Å². The monoisotopic (exact) mass is 547 g/mol. The van der Waals surface area contributed by atoms with Crippen LogP contribution in [0.3, 0.4) is 0 Å². The van der Waals surface area contributed by atoms with E-state index < -0.39 is 20.0 Å². The van der Waals surface area contributed by atoms with E-state index in [1.807, 2.05) is 0 Å². The molecule has 0 saturated heterocycles. The SMILES string of the molecule is O=S(=O)(Nc1cc(Cl)ccc1NS(=O)(=O)c1ccc2ncccc2c1Cl)c1cc2ccccc2o1. The first-order valence-electron chi connectivity index (χ1n) is 10.0. The maximum absolute atomic E-state index is 13.2. The summed E-state index contributed by atoms with van der Waals surface area (Å²) in [5, 5.41) is 0.892. The predicted octanol–water partition coefficient (Wildman–Crippen LogP) is 5.89. The van der Waals surface area contributed by atoms with Gasteiger partial charge in [0, 0.05) is 28.1 Å². The normalized spacial score (nSPS) is 12.2. The Morgan fingerprint density at radius 3 is 2.34 bits per heavy atom. The first-order valence-corrected chi connectivity index (χ1v) is 13.7. The third-order valence-electron chi connectivity index (χ3n) is 5.11. The molecule has 12 heteroatoms. The minimum absolute atomic E-state index is 0.0125. The summed E-state index contributed by atoms with van der Waals surface area (Å²) in [6.45, 7) is 0. The summed E-state index contributed by atoms with van der Waals surface area (Å²) < 4.78 is 62.7. The predicted molar refractivity (Wildman–Crippen MR) is 136 cm³/mol. The van der Waals surface area contributed by atoms with Gasteiger partial charge >= 0.3 is 0 Å². The number of hydrogen-bond donors (Lipinski definition) is 2. The van der Waals surface area contributed by atoms with Gasteiger partial charge in [-0.05, 0) is 48.5 Å². The molecule has 0 unspecified atom stereocenters. The molecule has 0 amide bonds. The van der Waals surface area contributed by atoms with E-state index in [0.717, 1.165) is 0 Å². The number of nitrogens with zero attached hydrogens (tertiary/aromatic N) is 1. The van der Waals surface area contributed by atoms with E-state index in [2.05, 4.69) is 14.4 Å². The highest BCUT2D eigenvalue weighted by Crippen LogP contribution is 2.34. The van der Waals surface area contributed by atoms with Crippen LogP contribution in [0, 0.1) is 0 Å². The molecule has 0 bridgehead atoms. The molecule has 2 heterocycles. The lowest BCUT2D eigenvalue weighted by Gasteiger charge is -2.15. The average molecular weight is 548 g/mol. The van der Waals surface area contributed by atoms with Crippen LogP contribution >= 0.6 is 23.2 Å². The van der Waals surface area contributed by atoms with Gasteiger partial charge in [-0.3, -0.25) is 14.4 Å². The maximum Gasteiger partial charge on any atom is 0.295 e. The second-order valence-corrected chi connectivity index (χ2v) is 11.5. The zero-order valence-corrected chi connectivity index (χ0v) is 20.7. The van der Waals surface area contributed by atoms with Crippen LogP contribution in [-0.2, 0) is 20.0 Å². The van der Waals surface area contributed by atoms with Crippen molar-refractivity contribution in [3.63, 3.8) is 0 Å². The summed E-state index contributed by atoms with van der Waals surface area (Å²) in [7, 11) is -8.44. The summed E-state index contributed by atoms with van der Waals surface area (Å²) in [6.07, 6.45) is 1.57. The van der Waals surface area contributed by atoms with Crippen LogP contribution in [0.5, 0.6) is 0 Å². The van der Waals surface area contributed by atoms with Gasteiger partial charge < -0.3 is 4.42 Å². The molecule has 2 aromatic heterocycles. The van der Waals surface area contributed by atoms with Crippen molar-refractivity contribution in [3.8, 4) is 0 Å². The lowest BCUT2D eigenvalue weighted by atomic mass is 10.2. The van der Waals surface area contributed by atoms with E-state index in [-0.39, 0.29) is 31.4 Å². The number of sulfonamides is 2. The standard InChI is InChI=1S/C23H15Cl2N3O5S2/c24-15-7-8-18(27-34(29,30)21-10-9-17-16(23(21)25)5-3-11-26-17)19(13-15)28-35(31,32)22-12-14-4-1-2-6-20(14)33-22/h1-13,27-28H. The van der Waals surface area contributed by atoms with E-state index in [9.17, 15) is 16.8 Å². The molecule has 178 valence electrons. The number of benzene rings is 3. The summed E-state index contributed by atoms with van der Waals surface area (Å²) in [5.41, 5.74) is 0.763. The number of fused-ring (bicyclic) bond motifs is 2. The van der Waals surface area contributed by atoms with Gasteiger partial charge in [-0.25, -0.2) is 8.42 Å². The van der Waals surface area contributed by atoms with Crippen LogP contribution in [-0.4, -0.2) is 21.8 Å². The highest BCUT2D eigenvalue weighted by molar-refractivity contribution is 7.93. The molecule has 0 aliphatic heterocycles. The molecule has 0 aliphatic rings. The van der Waals surface area contributed by atoms with Gasteiger partial charge in [-0.15, -0.1) is 0 Å². The van der Waals surface area contributed by atoms with Crippen LogP contribution in [0.25, 0.3) is 21.9 Å². The molecule has 35 heavy (non-hydrogen) atoms. The molecule has 0 saturated carbocycles. The van der Waals surface area contributed by atoms with Crippen molar-refractivity contribution >= 4 is 76.5 Å². The van der Waals surface area contributed by atoms with Gasteiger partial charge in [0.1, 0.15) is 10.5 Å². The fraction of sp³-hybridized carbons (Fsp3) is 0. The second kappa shape index (κ2) is 8.72. The molecule has 5 rings (SSSR count). The summed E-state index contributed by atoms with van der Waals surface area (Å²) >= 11 is 12.4. The number of pyridine rings is 1. The Bertz CT molecular complexity index is 1790. The fourth-order valence-corrected chi connectivity index (χ4v) is 6.39. The summed E-state index contributed by atoms with van der Waals surface area (Å²) in [4.78, 5) is 3.96. The van der Waals surface area contributed by atoms with Crippen molar-refractivity contribution in [3.05, 3.63) is 89.0 Å². The average Bonchev–Trinajstić information content (AvgIpc) is 3.26. The van der Waals surface area contributed by atoms with E-state index >= 15 is 0 Å². The van der Waals surface area contributed by atoms with Crippen LogP contribution < -0.4 is 9.44 Å².